The molecule has 0 spiro atoms. The van der Waals surface area contributed by atoms with Crippen molar-refractivity contribution in [1.29, 1.82) is 0 Å². The molecule has 4 nitrogen and oxygen atoms in total. The maximum Gasteiger partial charge on any atom is 0.142 e. The molecule has 1 aliphatic heterocycles. The molecule has 1 N–H and O–H groups in total. The summed E-state index contributed by atoms with van der Waals surface area (Å²) in [6.45, 7) is 6.07. The first kappa shape index (κ1) is 14.2. The van der Waals surface area contributed by atoms with E-state index in [9.17, 15) is 0 Å². The quantitative estimate of drug-likeness (QED) is 0.786. The number of ether oxygens (including phenoxy) is 1. The Balaban J connectivity index is 1.83. The molecule has 19 heavy (non-hydrogen) atoms. The molecule has 0 saturated heterocycles. The van der Waals surface area contributed by atoms with Crippen LogP contribution in [0.4, 0.5) is 5.69 Å². The summed E-state index contributed by atoms with van der Waals surface area (Å²) in [6, 6.07) is 8.34. The van der Waals surface area contributed by atoms with Crippen molar-refractivity contribution in [2.24, 2.45) is 0 Å². The van der Waals surface area contributed by atoms with E-state index in [4.69, 9.17) is 4.74 Å². The zero-order valence-corrected chi connectivity index (χ0v) is 12.1. The molecule has 0 aromatic heterocycles. The molecule has 0 atom stereocenters. The Bertz CT molecular complexity index is 381. The van der Waals surface area contributed by atoms with E-state index in [0.717, 1.165) is 51.5 Å². The normalized spacial score (nSPS) is 15.0. The molecule has 0 unspecified atom stereocenters. The maximum atomic E-state index is 5.77. The van der Waals surface area contributed by atoms with Crippen LogP contribution in [0.5, 0.6) is 5.75 Å². The van der Waals surface area contributed by atoms with Crippen molar-refractivity contribution in [3.05, 3.63) is 24.3 Å². The van der Waals surface area contributed by atoms with Crippen LogP contribution in [0.15, 0.2) is 24.3 Å². The molecule has 1 aromatic carbocycles. The molecule has 1 aromatic rings. The van der Waals surface area contributed by atoms with Gasteiger partial charge in [0.25, 0.3) is 0 Å². The molecule has 4 heteroatoms. The van der Waals surface area contributed by atoms with Gasteiger partial charge in [-0.25, -0.2) is 0 Å². The van der Waals surface area contributed by atoms with Crippen LogP contribution in [0.3, 0.4) is 0 Å². The lowest BCUT2D eigenvalue weighted by Gasteiger charge is -2.24. The molecule has 0 bridgehead atoms. The van der Waals surface area contributed by atoms with Crippen molar-refractivity contribution in [3.63, 3.8) is 0 Å². The number of hydrogen-bond donors (Lipinski definition) is 1. The standard InChI is InChI=1S/C15H25N3O/c1-17(2)11-8-16-9-12-18-10-5-13-19-15-7-4-3-6-14(15)18/h3-4,6-7,16H,5,8-13H2,1-2H3. The summed E-state index contributed by atoms with van der Waals surface area (Å²) >= 11 is 0. The molecule has 0 radical (unpaired) electrons. The summed E-state index contributed by atoms with van der Waals surface area (Å²) in [6.07, 6.45) is 1.09. The molecule has 2 rings (SSSR count). The van der Waals surface area contributed by atoms with Crippen LogP contribution in [0.25, 0.3) is 0 Å². The third-order valence-electron chi connectivity index (χ3n) is 3.33. The summed E-state index contributed by atoms with van der Waals surface area (Å²) < 4.78 is 5.77. The first-order chi connectivity index (χ1) is 9.27. The summed E-state index contributed by atoms with van der Waals surface area (Å²) in [5.41, 5.74) is 1.23. The van der Waals surface area contributed by atoms with Crippen LogP contribution >= 0.6 is 0 Å². The van der Waals surface area contributed by atoms with E-state index in [2.05, 4.69) is 47.4 Å². The van der Waals surface area contributed by atoms with E-state index < -0.39 is 0 Å². The Labute approximate surface area is 116 Å². The zero-order chi connectivity index (χ0) is 13.5. The SMILES string of the molecule is CN(C)CCNCCN1CCCOc2ccccc21. The Morgan fingerprint density at radius 2 is 2.11 bits per heavy atom. The van der Waals surface area contributed by atoms with Crippen molar-refractivity contribution in [3.8, 4) is 5.75 Å². The van der Waals surface area contributed by atoms with E-state index >= 15 is 0 Å². The van der Waals surface area contributed by atoms with Gasteiger partial charge in [0.2, 0.25) is 0 Å². The molecule has 0 aliphatic carbocycles. The van der Waals surface area contributed by atoms with Crippen LogP contribution in [0, 0.1) is 0 Å². The number of benzene rings is 1. The van der Waals surface area contributed by atoms with Gasteiger partial charge in [-0.05, 0) is 32.6 Å². The maximum absolute atomic E-state index is 5.77. The van der Waals surface area contributed by atoms with E-state index in [0.29, 0.717) is 0 Å². The Hall–Kier alpha value is -1.26. The smallest absolute Gasteiger partial charge is 0.142 e. The van der Waals surface area contributed by atoms with Crippen molar-refractivity contribution in [2.45, 2.75) is 6.42 Å². The Morgan fingerprint density at radius 1 is 1.26 bits per heavy atom. The van der Waals surface area contributed by atoms with E-state index in [1.54, 1.807) is 0 Å². The molecule has 1 heterocycles. The summed E-state index contributed by atoms with van der Waals surface area (Å²) in [7, 11) is 4.20. The van der Waals surface area contributed by atoms with Crippen LogP contribution in [0.2, 0.25) is 0 Å². The predicted octanol–water partition coefficient (Wildman–Crippen LogP) is 1.43. The fraction of sp³-hybridized carbons (Fsp3) is 0.600. The molecule has 0 saturated carbocycles. The minimum Gasteiger partial charge on any atom is -0.491 e. The third-order valence-corrected chi connectivity index (χ3v) is 3.33. The van der Waals surface area contributed by atoms with Gasteiger partial charge in [0.1, 0.15) is 5.75 Å². The highest BCUT2D eigenvalue weighted by atomic mass is 16.5. The molecule has 1 aliphatic rings. The van der Waals surface area contributed by atoms with Gasteiger partial charge < -0.3 is 19.9 Å². The average Bonchev–Trinajstić information content (AvgIpc) is 2.61. The number of nitrogens with zero attached hydrogens (tertiary/aromatic N) is 2. The minimum absolute atomic E-state index is 0.821. The fourth-order valence-electron chi connectivity index (χ4n) is 2.27. The topological polar surface area (TPSA) is 27.7 Å². The number of likely N-dealkylation sites (N-methyl/N-ethyl adjacent to an activating group) is 1. The number of para-hydroxylation sites is 2. The lowest BCUT2D eigenvalue weighted by atomic mass is 10.2. The van der Waals surface area contributed by atoms with Crippen LogP contribution in [-0.2, 0) is 0 Å². The summed E-state index contributed by atoms with van der Waals surface area (Å²) in [5, 5.41) is 3.49. The molecular formula is C15H25N3O. The first-order valence-electron chi connectivity index (χ1n) is 7.09. The molecule has 106 valence electrons. The Morgan fingerprint density at radius 3 is 2.95 bits per heavy atom. The highest BCUT2D eigenvalue weighted by molar-refractivity contribution is 5.58. The van der Waals surface area contributed by atoms with Crippen molar-refractivity contribution in [1.82, 2.24) is 10.2 Å². The van der Waals surface area contributed by atoms with Crippen LogP contribution in [0.1, 0.15) is 6.42 Å². The number of hydrogen-bond acceptors (Lipinski definition) is 4. The van der Waals surface area contributed by atoms with Crippen LogP contribution in [-0.4, -0.2) is 58.3 Å². The second kappa shape index (κ2) is 7.36. The average molecular weight is 263 g/mol. The lowest BCUT2D eigenvalue weighted by Crippen LogP contribution is -2.35. The predicted molar refractivity (Wildman–Crippen MR) is 80.2 cm³/mol. The van der Waals surface area contributed by atoms with E-state index in [-0.39, 0.29) is 0 Å². The van der Waals surface area contributed by atoms with E-state index in [1.807, 2.05) is 6.07 Å². The largest absolute Gasteiger partial charge is 0.491 e. The minimum atomic E-state index is 0.821. The second-order valence-corrected chi connectivity index (χ2v) is 5.21. The lowest BCUT2D eigenvalue weighted by molar-refractivity contribution is 0.322. The molecular weight excluding hydrogens is 238 g/mol. The highest BCUT2D eigenvalue weighted by Gasteiger charge is 2.14. The van der Waals surface area contributed by atoms with Crippen LogP contribution < -0.4 is 15.0 Å². The third kappa shape index (κ3) is 4.40. The molecule has 0 amide bonds. The van der Waals surface area contributed by atoms with Crippen molar-refractivity contribution < 1.29 is 4.74 Å². The van der Waals surface area contributed by atoms with Gasteiger partial charge in [0, 0.05) is 32.7 Å². The highest BCUT2D eigenvalue weighted by Crippen LogP contribution is 2.29. The first-order valence-corrected chi connectivity index (χ1v) is 7.09. The van der Waals surface area contributed by atoms with Gasteiger partial charge in [-0.15, -0.1) is 0 Å². The monoisotopic (exact) mass is 263 g/mol. The van der Waals surface area contributed by atoms with Crippen molar-refractivity contribution in [2.75, 3.05) is 58.3 Å². The summed E-state index contributed by atoms with van der Waals surface area (Å²) in [5.74, 6) is 1.02. The van der Waals surface area contributed by atoms with Gasteiger partial charge in [-0.1, -0.05) is 12.1 Å². The number of nitrogens with one attached hydrogen (secondary N) is 1. The second-order valence-electron chi connectivity index (χ2n) is 5.21. The van der Waals surface area contributed by atoms with Gasteiger partial charge in [0.15, 0.2) is 0 Å². The number of rotatable bonds is 6. The fourth-order valence-corrected chi connectivity index (χ4v) is 2.27. The zero-order valence-electron chi connectivity index (χ0n) is 12.1. The van der Waals surface area contributed by atoms with Gasteiger partial charge in [-0.3, -0.25) is 0 Å². The van der Waals surface area contributed by atoms with Crippen molar-refractivity contribution >= 4 is 5.69 Å². The number of anilines is 1. The summed E-state index contributed by atoms with van der Waals surface area (Å²) in [4.78, 5) is 4.62. The molecule has 0 fully saturated rings. The Kier molecular flexibility index (Phi) is 5.48. The number of fused-ring (bicyclic) bond motifs is 1. The van der Waals surface area contributed by atoms with E-state index in [1.165, 1.54) is 5.69 Å². The van der Waals surface area contributed by atoms with Gasteiger partial charge in [0.05, 0.1) is 12.3 Å². The van der Waals surface area contributed by atoms with Gasteiger partial charge >= 0.3 is 0 Å². The van der Waals surface area contributed by atoms with Gasteiger partial charge in [-0.2, -0.15) is 0 Å².